The summed E-state index contributed by atoms with van der Waals surface area (Å²) in [5.41, 5.74) is 0.200. The molecule has 1 aromatic carbocycles. The van der Waals surface area contributed by atoms with Crippen LogP contribution in [0.3, 0.4) is 0 Å². The number of para-hydroxylation sites is 2. The van der Waals surface area contributed by atoms with Gasteiger partial charge in [-0.2, -0.15) is 5.06 Å². The van der Waals surface area contributed by atoms with Gasteiger partial charge in [0, 0.05) is 6.92 Å². The van der Waals surface area contributed by atoms with E-state index in [-0.39, 0.29) is 11.4 Å². The first-order chi connectivity index (χ1) is 7.02. The lowest BCUT2D eigenvalue weighted by Gasteiger charge is -2.18. The number of ether oxygens (including phenoxy) is 1. The molecule has 0 heterocycles. The van der Waals surface area contributed by atoms with Crippen molar-refractivity contribution in [2.45, 2.75) is 20.1 Å². The molecule has 0 saturated heterocycles. The summed E-state index contributed by atoms with van der Waals surface area (Å²) in [6, 6.07) is 6.39. The molecule has 0 spiro atoms. The molecule has 1 aromatic rings. The van der Waals surface area contributed by atoms with Gasteiger partial charge in [-0.05, 0) is 19.1 Å². The van der Waals surface area contributed by atoms with Gasteiger partial charge < -0.3 is 9.84 Å². The summed E-state index contributed by atoms with van der Waals surface area (Å²) in [6.07, 6.45) is -1.01. The lowest BCUT2D eigenvalue weighted by Crippen LogP contribution is -2.25. The first-order valence-electron chi connectivity index (χ1n) is 4.45. The second-order valence-electron chi connectivity index (χ2n) is 3.02. The lowest BCUT2D eigenvalue weighted by molar-refractivity contribution is -0.121. The smallest absolute Gasteiger partial charge is 0.247 e. The van der Waals surface area contributed by atoms with Crippen LogP contribution in [-0.2, 0) is 4.79 Å². The van der Waals surface area contributed by atoms with Gasteiger partial charge in [0.1, 0.15) is 11.4 Å². The molecule has 0 aromatic heterocycles. The standard InChI is InChI=1S/C10H13NO4/c1-7(12)11(14)9-5-3-4-6-10(9)15-8(2)13/h3-6,8,13-14H,1-2H3. The number of aliphatic hydroxyl groups is 1. The molecule has 0 aliphatic heterocycles. The number of benzene rings is 1. The summed E-state index contributed by atoms with van der Waals surface area (Å²) >= 11 is 0. The average Bonchev–Trinajstić information content (AvgIpc) is 2.16. The van der Waals surface area contributed by atoms with Crippen LogP contribution in [0.4, 0.5) is 5.69 Å². The minimum Gasteiger partial charge on any atom is -0.463 e. The molecule has 0 fully saturated rings. The van der Waals surface area contributed by atoms with E-state index in [1.165, 1.54) is 19.9 Å². The average molecular weight is 211 g/mol. The van der Waals surface area contributed by atoms with Crippen LogP contribution in [0.2, 0.25) is 0 Å². The molecule has 0 saturated carbocycles. The van der Waals surface area contributed by atoms with Gasteiger partial charge in [0.05, 0.1) is 0 Å². The van der Waals surface area contributed by atoms with Crippen LogP contribution in [-0.4, -0.2) is 22.5 Å². The van der Waals surface area contributed by atoms with Gasteiger partial charge in [-0.3, -0.25) is 10.0 Å². The monoisotopic (exact) mass is 211 g/mol. The van der Waals surface area contributed by atoms with Gasteiger partial charge in [0.15, 0.2) is 6.29 Å². The third kappa shape index (κ3) is 2.93. The number of carbonyl (C=O) groups excluding carboxylic acids is 1. The zero-order valence-corrected chi connectivity index (χ0v) is 8.54. The number of nitrogens with zero attached hydrogens (tertiary/aromatic N) is 1. The van der Waals surface area contributed by atoms with Gasteiger partial charge in [-0.15, -0.1) is 0 Å². The van der Waals surface area contributed by atoms with E-state index in [1.807, 2.05) is 0 Å². The molecule has 0 bridgehead atoms. The van der Waals surface area contributed by atoms with Crippen LogP contribution in [0.1, 0.15) is 13.8 Å². The lowest BCUT2D eigenvalue weighted by atomic mass is 10.3. The van der Waals surface area contributed by atoms with Crippen LogP contribution in [0.5, 0.6) is 5.75 Å². The number of hydrogen-bond acceptors (Lipinski definition) is 4. The van der Waals surface area contributed by atoms with Crippen molar-refractivity contribution in [3.8, 4) is 5.75 Å². The van der Waals surface area contributed by atoms with Crippen molar-refractivity contribution in [2.24, 2.45) is 0 Å². The van der Waals surface area contributed by atoms with E-state index in [9.17, 15) is 10.0 Å². The van der Waals surface area contributed by atoms with Crippen LogP contribution in [0.25, 0.3) is 0 Å². The topological polar surface area (TPSA) is 70.0 Å². The highest BCUT2D eigenvalue weighted by atomic mass is 16.6. The molecule has 2 N–H and O–H groups in total. The van der Waals surface area contributed by atoms with Gasteiger partial charge >= 0.3 is 0 Å². The van der Waals surface area contributed by atoms with Crippen molar-refractivity contribution in [3.05, 3.63) is 24.3 Å². The Balaban J connectivity index is 3.00. The molecule has 0 aliphatic rings. The summed E-state index contributed by atoms with van der Waals surface area (Å²) in [4.78, 5) is 10.9. The molecular weight excluding hydrogens is 198 g/mol. The normalized spacial score (nSPS) is 12.0. The van der Waals surface area contributed by atoms with Gasteiger partial charge in [-0.1, -0.05) is 12.1 Å². The molecule has 5 nitrogen and oxygen atoms in total. The maximum Gasteiger partial charge on any atom is 0.247 e. The summed E-state index contributed by atoms with van der Waals surface area (Å²) in [7, 11) is 0. The fourth-order valence-corrected chi connectivity index (χ4v) is 1.09. The highest BCUT2D eigenvalue weighted by molar-refractivity contribution is 5.90. The Morgan fingerprint density at radius 2 is 2.07 bits per heavy atom. The van der Waals surface area contributed by atoms with E-state index in [0.717, 1.165) is 0 Å². The summed E-state index contributed by atoms with van der Waals surface area (Å²) in [6.45, 7) is 2.66. The molecule has 1 amide bonds. The first-order valence-corrected chi connectivity index (χ1v) is 4.45. The van der Waals surface area contributed by atoms with E-state index in [1.54, 1.807) is 18.2 Å². The Morgan fingerprint density at radius 3 is 2.60 bits per heavy atom. The number of rotatable bonds is 3. The zero-order chi connectivity index (χ0) is 11.4. The van der Waals surface area contributed by atoms with Crippen molar-refractivity contribution in [1.29, 1.82) is 0 Å². The molecule has 1 unspecified atom stereocenters. The third-order valence-corrected chi connectivity index (χ3v) is 1.69. The predicted octanol–water partition coefficient (Wildman–Crippen LogP) is 1.15. The van der Waals surface area contributed by atoms with E-state index in [0.29, 0.717) is 5.06 Å². The maximum atomic E-state index is 10.9. The van der Waals surface area contributed by atoms with Crippen LogP contribution < -0.4 is 9.80 Å². The zero-order valence-electron chi connectivity index (χ0n) is 8.54. The molecular formula is C10H13NO4. The Bertz CT molecular complexity index is 351. The number of hydroxylamine groups is 1. The largest absolute Gasteiger partial charge is 0.463 e. The second-order valence-corrected chi connectivity index (χ2v) is 3.02. The van der Waals surface area contributed by atoms with E-state index in [4.69, 9.17) is 9.84 Å². The fraction of sp³-hybridized carbons (Fsp3) is 0.300. The van der Waals surface area contributed by atoms with Gasteiger partial charge in [0.2, 0.25) is 5.91 Å². The fourth-order valence-electron chi connectivity index (χ4n) is 1.09. The second kappa shape index (κ2) is 4.77. The van der Waals surface area contributed by atoms with Crippen LogP contribution in [0, 0.1) is 0 Å². The van der Waals surface area contributed by atoms with Crippen molar-refractivity contribution in [3.63, 3.8) is 0 Å². The number of hydrogen-bond donors (Lipinski definition) is 2. The third-order valence-electron chi connectivity index (χ3n) is 1.69. The minimum absolute atomic E-state index is 0.200. The first kappa shape index (κ1) is 11.5. The Kier molecular flexibility index (Phi) is 3.65. The van der Waals surface area contributed by atoms with Gasteiger partial charge in [-0.25, -0.2) is 0 Å². The summed E-state index contributed by atoms with van der Waals surface area (Å²) in [5, 5.41) is 18.9. The number of aliphatic hydroxyl groups excluding tert-OH is 1. The predicted molar refractivity (Wildman–Crippen MR) is 53.7 cm³/mol. The molecule has 0 aliphatic carbocycles. The highest BCUT2D eigenvalue weighted by Gasteiger charge is 2.14. The van der Waals surface area contributed by atoms with Gasteiger partial charge in [0.25, 0.3) is 0 Å². The molecule has 82 valence electrons. The van der Waals surface area contributed by atoms with Crippen LogP contribution in [0.15, 0.2) is 24.3 Å². The molecule has 1 rings (SSSR count). The summed E-state index contributed by atoms with van der Waals surface area (Å²) in [5.74, 6) is -0.290. The Morgan fingerprint density at radius 1 is 1.47 bits per heavy atom. The van der Waals surface area contributed by atoms with Crippen molar-refractivity contribution in [2.75, 3.05) is 5.06 Å². The number of amides is 1. The van der Waals surface area contributed by atoms with Crippen molar-refractivity contribution >= 4 is 11.6 Å². The Labute approximate surface area is 87.5 Å². The summed E-state index contributed by atoms with van der Waals surface area (Å²) < 4.78 is 5.02. The highest BCUT2D eigenvalue weighted by Crippen LogP contribution is 2.27. The van der Waals surface area contributed by atoms with Crippen molar-refractivity contribution in [1.82, 2.24) is 0 Å². The van der Waals surface area contributed by atoms with Crippen LogP contribution >= 0.6 is 0 Å². The molecule has 5 heteroatoms. The maximum absolute atomic E-state index is 10.9. The molecule has 15 heavy (non-hydrogen) atoms. The van der Waals surface area contributed by atoms with Crippen molar-refractivity contribution < 1.29 is 19.8 Å². The minimum atomic E-state index is -1.01. The Hall–Kier alpha value is -1.59. The number of anilines is 1. The van der Waals surface area contributed by atoms with E-state index in [2.05, 4.69) is 0 Å². The number of carbonyl (C=O) groups is 1. The SMILES string of the molecule is CC(=O)N(O)c1ccccc1OC(C)O. The molecule has 1 atom stereocenters. The van der Waals surface area contributed by atoms with E-state index < -0.39 is 12.2 Å². The van der Waals surface area contributed by atoms with E-state index >= 15 is 0 Å². The molecule has 0 radical (unpaired) electrons. The quantitative estimate of drug-likeness (QED) is 0.447.